The Morgan fingerprint density at radius 3 is 2.11 bits per heavy atom. The van der Waals surface area contributed by atoms with Gasteiger partial charge in [-0.3, -0.25) is 4.21 Å². The van der Waals surface area contributed by atoms with Crippen molar-refractivity contribution >= 4 is 10.8 Å². The monoisotopic (exact) mass is 514 g/mol. The van der Waals surface area contributed by atoms with E-state index in [1.54, 1.807) is 0 Å². The first kappa shape index (κ1) is 28.9. The van der Waals surface area contributed by atoms with Crippen molar-refractivity contribution in [3.8, 4) is 5.75 Å². The van der Waals surface area contributed by atoms with E-state index in [2.05, 4.69) is 64.1 Å². The van der Waals surface area contributed by atoms with Crippen LogP contribution < -0.4 is 4.74 Å². The Balaban J connectivity index is 1.79. The largest absolute Gasteiger partial charge is 0.491 e. The van der Waals surface area contributed by atoms with Crippen molar-refractivity contribution in [2.24, 2.45) is 0 Å². The van der Waals surface area contributed by atoms with E-state index in [4.69, 9.17) is 14.2 Å². The Morgan fingerprint density at radius 2 is 1.61 bits per heavy atom. The van der Waals surface area contributed by atoms with Gasteiger partial charge in [-0.05, 0) is 102 Å². The highest BCUT2D eigenvalue weighted by Crippen LogP contribution is 2.41. The second kappa shape index (κ2) is 11.4. The maximum absolute atomic E-state index is 12.5. The first-order valence-corrected chi connectivity index (χ1v) is 14.7. The number of ether oxygens (including phenoxy) is 3. The lowest BCUT2D eigenvalue weighted by atomic mass is 9.70. The quantitative estimate of drug-likeness (QED) is 0.341. The summed E-state index contributed by atoms with van der Waals surface area (Å²) in [6.07, 6.45) is 2.82. The van der Waals surface area contributed by atoms with Crippen LogP contribution in [-0.2, 0) is 32.1 Å². The summed E-state index contributed by atoms with van der Waals surface area (Å²) in [5.41, 5.74) is 6.31. The van der Waals surface area contributed by atoms with Crippen molar-refractivity contribution in [1.82, 2.24) is 0 Å². The number of hydrogen-bond acceptors (Lipinski definition) is 4. The maximum atomic E-state index is 12.5. The van der Waals surface area contributed by atoms with Crippen molar-refractivity contribution in [3.05, 3.63) is 64.2 Å². The van der Waals surface area contributed by atoms with Crippen LogP contribution in [-0.4, -0.2) is 39.8 Å². The van der Waals surface area contributed by atoms with Gasteiger partial charge in [0, 0.05) is 26.7 Å². The molecular weight excluding hydrogens is 468 g/mol. The predicted octanol–water partition coefficient (Wildman–Crippen LogP) is 7.03. The third-order valence-corrected chi connectivity index (χ3v) is 9.50. The molecule has 3 rings (SSSR count). The first-order valence-electron chi connectivity index (χ1n) is 13.4. The van der Waals surface area contributed by atoms with Gasteiger partial charge in [0.2, 0.25) is 0 Å². The van der Waals surface area contributed by atoms with Crippen LogP contribution in [0.2, 0.25) is 0 Å². The fourth-order valence-corrected chi connectivity index (χ4v) is 6.17. The van der Waals surface area contributed by atoms with Gasteiger partial charge in [0.1, 0.15) is 18.5 Å². The summed E-state index contributed by atoms with van der Waals surface area (Å²) in [5, 5.41) is 0. The van der Waals surface area contributed by atoms with Crippen LogP contribution in [0.1, 0.15) is 89.1 Å². The van der Waals surface area contributed by atoms with E-state index >= 15 is 0 Å². The Hall–Kier alpha value is -1.69. The molecule has 0 amide bonds. The molecule has 0 aromatic heterocycles. The smallest absolute Gasteiger partial charge is 0.163 e. The zero-order valence-corrected chi connectivity index (χ0v) is 24.6. The SMILES string of the molecule is CCC(CC)(c1ccc(CCS(=O)C(C)(C)C)c(C)c1)c1ccc(OCC2COC(C)(C)O2)c(C)c1. The number of aryl methyl sites for hydroxylation is 3. The topological polar surface area (TPSA) is 44.8 Å². The Kier molecular flexibility index (Phi) is 9.12. The van der Waals surface area contributed by atoms with Crippen LogP contribution in [0.5, 0.6) is 5.75 Å². The van der Waals surface area contributed by atoms with Crippen molar-refractivity contribution in [1.29, 1.82) is 0 Å². The van der Waals surface area contributed by atoms with Crippen LogP contribution >= 0.6 is 0 Å². The highest BCUT2D eigenvalue weighted by molar-refractivity contribution is 7.86. The van der Waals surface area contributed by atoms with Gasteiger partial charge in [0.25, 0.3) is 0 Å². The second-order valence-corrected chi connectivity index (χ2v) is 13.9. The molecule has 200 valence electrons. The molecule has 0 bridgehead atoms. The highest BCUT2D eigenvalue weighted by atomic mass is 32.2. The van der Waals surface area contributed by atoms with Gasteiger partial charge in [-0.15, -0.1) is 0 Å². The van der Waals surface area contributed by atoms with E-state index in [1.165, 1.54) is 22.3 Å². The minimum absolute atomic E-state index is 0.0493. The second-order valence-electron chi connectivity index (χ2n) is 11.6. The molecule has 5 heteroatoms. The van der Waals surface area contributed by atoms with Gasteiger partial charge in [-0.25, -0.2) is 0 Å². The van der Waals surface area contributed by atoms with Crippen LogP contribution in [0.15, 0.2) is 36.4 Å². The predicted molar refractivity (Wildman–Crippen MR) is 151 cm³/mol. The van der Waals surface area contributed by atoms with Crippen LogP contribution in [0.25, 0.3) is 0 Å². The van der Waals surface area contributed by atoms with Gasteiger partial charge in [-0.1, -0.05) is 44.2 Å². The molecule has 2 aromatic carbocycles. The van der Waals surface area contributed by atoms with Crippen LogP contribution in [0, 0.1) is 13.8 Å². The van der Waals surface area contributed by atoms with Crippen molar-refractivity contribution in [2.45, 2.75) is 104 Å². The van der Waals surface area contributed by atoms with E-state index in [9.17, 15) is 4.21 Å². The molecule has 0 aliphatic carbocycles. The average Bonchev–Trinajstić information content (AvgIpc) is 3.16. The molecule has 4 nitrogen and oxygen atoms in total. The molecule has 2 aromatic rings. The van der Waals surface area contributed by atoms with E-state index in [0.717, 1.165) is 30.6 Å². The summed E-state index contributed by atoms with van der Waals surface area (Å²) in [7, 11) is -0.840. The molecule has 1 aliphatic heterocycles. The normalized spacial score (nSPS) is 18.9. The molecule has 0 N–H and O–H groups in total. The van der Waals surface area contributed by atoms with Crippen molar-refractivity contribution < 1.29 is 18.4 Å². The van der Waals surface area contributed by atoms with E-state index in [-0.39, 0.29) is 16.3 Å². The fourth-order valence-electron chi connectivity index (χ4n) is 5.15. The fraction of sp³-hybridized carbons (Fsp3) is 0.613. The van der Waals surface area contributed by atoms with Gasteiger partial charge >= 0.3 is 0 Å². The Bertz CT molecular complexity index is 1060. The van der Waals surface area contributed by atoms with Crippen molar-refractivity contribution in [3.63, 3.8) is 0 Å². The lowest BCUT2D eigenvalue weighted by Gasteiger charge is -2.34. The standard InChI is InChI=1S/C31H46O4S/c1-10-31(11-2,25-13-12-24(22(3)18-25)16-17-36(32)29(5,6)7)26-14-15-28(23(4)19-26)33-20-27-21-34-30(8,9)35-27/h12-15,18-19,27H,10-11,16-17,20-21H2,1-9H3. The van der Waals surface area contributed by atoms with Gasteiger partial charge in [-0.2, -0.15) is 0 Å². The molecule has 1 fully saturated rings. The zero-order valence-electron chi connectivity index (χ0n) is 23.8. The molecule has 1 heterocycles. The van der Waals surface area contributed by atoms with E-state index < -0.39 is 16.6 Å². The molecule has 0 radical (unpaired) electrons. The van der Waals surface area contributed by atoms with Gasteiger partial charge in [0.05, 0.1) is 6.61 Å². The molecular formula is C31H46O4S. The lowest BCUT2D eigenvalue weighted by molar-refractivity contribution is -0.141. The summed E-state index contributed by atoms with van der Waals surface area (Å²) in [6, 6.07) is 13.5. The van der Waals surface area contributed by atoms with E-state index in [0.29, 0.717) is 19.0 Å². The zero-order chi connectivity index (χ0) is 26.7. The summed E-state index contributed by atoms with van der Waals surface area (Å²) in [4.78, 5) is 0. The highest BCUT2D eigenvalue weighted by Gasteiger charge is 2.34. The number of benzene rings is 2. The first-order chi connectivity index (χ1) is 16.8. The Labute approximate surface area is 221 Å². The average molecular weight is 515 g/mol. The van der Waals surface area contributed by atoms with Crippen molar-refractivity contribution in [2.75, 3.05) is 19.0 Å². The minimum atomic E-state index is -0.840. The summed E-state index contributed by atoms with van der Waals surface area (Å²) in [5.74, 6) is 1.06. The van der Waals surface area contributed by atoms with Gasteiger partial charge in [0.15, 0.2) is 5.79 Å². The maximum Gasteiger partial charge on any atom is 0.163 e. The van der Waals surface area contributed by atoms with E-state index in [1.807, 2.05) is 34.6 Å². The summed E-state index contributed by atoms with van der Waals surface area (Å²) >= 11 is 0. The molecule has 1 aliphatic rings. The third kappa shape index (κ3) is 6.59. The molecule has 0 saturated carbocycles. The van der Waals surface area contributed by atoms with Gasteiger partial charge < -0.3 is 14.2 Å². The molecule has 36 heavy (non-hydrogen) atoms. The van der Waals surface area contributed by atoms with Crippen LogP contribution in [0.3, 0.4) is 0 Å². The summed E-state index contributed by atoms with van der Waals surface area (Å²) < 4.78 is 30.0. The third-order valence-electron chi connectivity index (χ3n) is 7.56. The molecule has 1 saturated heterocycles. The Morgan fingerprint density at radius 1 is 1.00 bits per heavy atom. The molecule has 2 unspecified atom stereocenters. The number of rotatable bonds is 10. The molecule has 0 spiro atoms. The number of hydrogen-bond donors (Lipinski definition) is 0. The molecule has 2 atom stereocenters. The summed E-state index contributed by atoms with van der Waals surface area (Å²) in [6.45, 7) is 19.9. The van der Waals surface area contributed by atoms with Crippen LogP contribution in [0.4, 0.5) is 0 Å². The lowest BCUT2D eigenvalue weighted by Crippen LogP contribution is -2.27. The minimum Gasteiger partial charge on any atom is -0.491 e.